The third-order valence-electron chi connectivity index (χ3n) is 4.89. The molecule has 148 valence electrons. The molecule has 0 fully saturated rings. The number of ether oxygens (including phenoxy) is 2. The first-order chi connectivity index (χ1) is 13.4. The zero-order chi connectivity index (χ0) is 19.9. The van der Waals surface area contributed by atoms with Gasteiger partial charge in [-0.1, -0.05) is 5.16 Å². The van der Waals surface area contributed by atoms with Crippen LogP contribution in [0, 0.1) is 0 Å². The zero-order valence-electron chi connectivity index (χ0n) is 15.4. The van der Waals surface area contributed by atoms with E-state index >= 15 is 0 Å². The monoisotopic (exact) mass is 466 g/mol. The van der Waals surface area contributed by atoms with Crippen LogP contribution in [-0.4, -0.2) is 27.8 Å². The summed E-state index contributed by atoms with van der Waals surface area (Å²) < 4.78 is 45.4. The number of hydrogen-bond donors (Lipinski definition) is 1. The summed E-state index contributed by atoms with van der Waals surface area (Å²) in [6.07, 6.45) is 3.94. The van der Waals surface area contributed by atoms with Crippen LogP contribution in [0.5, 0.6) is 11.5 Å². The lowest BCUT2D eigenvalue weighted by molar-refractivity contribution is 0.401. The second-order valence-corrected chi connectivity index (χ2v) is 9.10. The van der Waals surface area contributed by atoms with E-state index in [9.17, 15) is 8.42 Å². The van der Waals surface area contributed by atoms with Gasteiger partial charge in [0.15, 0.2) is 11.4 Å². The second-order valence-electron chi connectivity index (χ2n) is 6.60. The van der Waals surface area contributed by atoms with Gasteiger partial charge in [0.05, 0.1) is 24.1 Å². The molecule has 0 saturated heterocycles. The second kappa shape index (κ2) is 7.29. The van der Waals surface area contributed by atoms with Crippen molar-refractivity contribution in [2.75, 3.05) is 18.9 Å². The van der Waals surface area contributed by atoms with Crippen LogP contribution in [0.1, 0.15) is 24.0 Å². The van der Waals surface area contributed by atoms with E-state index in [1.807, 2.05) is 6.07 Å². The summed E-state index contributed by atoms with van der Waals surface area (Å²) in [7, 11) is -0.932. The van der Waals surface area contributed by atoms with Crippen molar-refractivity contribution in [2.24, 2.45) is 0 Å². The maximum atomic E-state index is 13.1. The summed E-state index contributed by atoms with van der Waals surface area (Å²) in [5, 5.41) is 4.38. The number of anilines is 1. The van der Waals surface area contributed by atoms with Crippen molar-refractivity contribution in [3.8, 4) is 11.5 Å². The average molecular weight is 467 g/mol. The van der Waals surface area contributed by atoms with Crippen LogP contribution in [-0.2, 0) is 22.9 Å². The maximum Gasteiger partial charge on any atom is 0.266 e. The molecule has 0 bridgehead atoms. The zero-order valence-corrected chi connectivity index (χ0v) is 17.8. The molecule has 0 unspecified atom stereocenters. The quantitative estimate of drug-likeness (QED) is 0.602. The van der Waals surface area contributed by atoms with Crippen molar-refractivity contribution < 1.29 is 22.4 Å². The highest BCUT2D eigenvalue weighted by atomic mass is 79.9. The van der Waals surface area contributed by atoms with Crippen LogP contribution in [0.3, 0.4) is 0 Å². The highest BCUT2D eigenvalue weighted by molar-refractivity contribution is 9.10. The summed E-state index contributed by atoms with van der Waals surface area (Å²) in [5.41, 5.74) is 2.62. The first-order valence-corrected chi connectivity index (χ1v) is 11.1. The third-order valence-corrected chi connectivity index (χ3v) is 6.87. The molecule has 0 aliphatic heterocycles. The fraction of sp³-hybridized carbons (Fsp3) is 0.316. The Morgan fingerprint density at radius 1 is 1.04 bits per heavy atom. The van der Waals surface area contributed by atoms with Gasteiger partial charge in [-0.2, -0.15) is 0 Å². The van der Waals surface area contributed by atoms with Crippen LogP contribution >= 0.6 is 15.9 Å². The lowest BCUT2D eigenvalue weighted by atomic mass is 9.92. The summed E-state index contributed by atoms with van der Waals surface area (Å²) in [5.74, 6) is 0.962. The molecule has 1 aromatic heterocycles. The number of fused-ring (bicyclic) bond motifs is 2. The molecule has 0 atom stereocenters. The molecule has 0 radical (unpaired) electrons. The molecular weight excluding hydrogens is 448 g/mol. The van der Waals surface area contributed by atoms with Gasteiger partial charge >= 0.3 is 0 Å². The summed E-state index contributed by atoms with van der Waals surface area (Å²) in [6.45, 7) is 0. The average Bonchev–Trinajstić information content (AvgIpc) is 3.06. The van der Waals surface area contributed by atoms with E-state index in [1.165, 1.54) is 14.2 Å². The Morgan fingerprint density at radius 3 is 2.39 bits per heavy atom. The number of aromatic nitrogens is 1. The fourth-order valence-electron chi connectivity index (χ4n) is 3.46. The Kier molecular flexibility index (Phi) is 4.96. The number of nitrogens with zero attached hydrogens (tertiary/aromatic N) is 1. The van der Waals surface area contributed by atoms with Crippen LogP contribution in [0.2, 0.25) is 0 Å². The van der Waals surface area contributed by atoms with Crippen molar-refractivity contribution in [3.63, 3.8) is 0 Å². The molecule has 0 amide bonds. The molecule has 1 aliphatic carbocycles. The Labute approximate surface area is 171 Å². The molecule has 0 spiro atoms. The van der Waals surface area contributed by atoms with E-state index in [1.54, 1.807) is 18.2 Å². The van der Waals surface area contributed by atoms with Crippen LogP contribution in [0.25, 0.3) is 11.0 Å². The fourth-order valence-corrected chi connectivity index (χ4v) is 5.16. The smallest absolute Gasteiger partial charge is 0.266 e. The minimum absolute atomic E-state index is 0.0934. The van der Waals surface area contributed by atoms with E-state index < -0.39 is 10.0 Å². The molecule has 28 heavy (non-hydrogen) atoms. The molecule has 0 saturated carbocycles. The number of nitrogens with one attached hydrogen (secondary N) is 1. The molecule has 1 heterocycles. The number of rotatable bonds is 5. The van der Waals surface area contributed by atoms with E-state index in [0.717, 1.165) is 36.8 Å². The molecule has 2 aromatic carbocycles. The highest BCUT2D eigenvalue weighted by Crippen LogP contribution is 2.36. The third kappa shape index (κ3) is 3.33. The van der Waals surface area contributed by atoms with Crippen LogP contribution in [0.15, 0.2) is 38.2 Å². The standard InChI is InChI=1S/C19H19BrN2O5S/c1-25-16-9-13-15(10-14(16)20)27-21-19(13)22-28(23,24)18-8-12-6-4-3-5-11(12)7-17(18)26-2/h7-10H,3-6H2,1-2H3,(H,21,22). The van der Waals surface area contributed by atoms with Crippen LogP contribution in [0.4, 0.5) is 5.82 Å². The number of hydrogen-bond acceptors (Lipinski definition) is 6. The van der Waals surface area contributed by atoms with Gasteiger partial charge in [-0.05, 0) is 70.9 Å². The minimum Gasteiger partial charge on any atom is -0.496 e. The first-order valence-electron chi connectivity index (χ1n) is 8.78. The summed E-state index contributed by atoms with van der Waals surface area (Å²) in [4.78, 5) is 0.0934. The van der Waals surface area contributed by atoms with Crippen molar-refractivity contribution in [1.29, 1.82) is 0 Å². The normalized spacial score (nSPS) is 14.0. The Hall–Kier alpha value is -2.26. The SMILES string of the molecule is COc1cc2c(NS(=O)(=O)c3cc4c(cc3OC)CCCC4)noc2cc1Br. The molecule has 4 rings (SSSR count). The van der Waals surface area contributed by atoms with E-state index in [-0.39, 0.29) is 10.7 Å². The van der Waals surface area contributed by atoms with Gasteiger partial charge in [0.1, 0.15) is 16.4 Å². The van der Waals surface area contributed by atoms with Gasteiger partial charge in [0.25, 0.3) is 10.0 Å². The molecule has 1 aliphatic rings. The lowest BCUT2D eigenvalue weighted by Crippen LogP contribution is -2.16. The topological polar surface area (TPSA) is 90.7 Å². The van der Waals surface area contributed by atoms with E-state index in [2.05, 4.69) is 25.8 Å². The molecule has 3 aromatic rings. The predicted octanol–water partition coefficient (Wildman–Crippen LogP) is 4.29. The summed E-state index contributed by atoms with van der Waals surface area (Å²) >= 11 is 3.37. The number of methoxy groups -OCH3 is 2. The first kappa shape index (κ1) is 19.1. The van der Waals surface area contributed by atoms with Crippen molar-refractivity contribution >= 4 is 42.7 Å². The predicted molar refractivity (Wildman–Crippen MR) is 109 cm³/mol. The molecule has 7 nitrogen and oxygen atoms in total. The van der Waals surface area contributed by atoms with E-state index in [0.29, 0.717) is 26.9 Å². The van der Waals surface area contributed by atoms with Crippen molar-refractivity contribution in [3.05, 3.63) is 39.9 Å². The molecule has 1 N–H and O–H groups in total. The van der Waals surface area contributed by atoms with Gasteiger partial charge in [-0.15, -0.1) is 0 Å². The van der Waals surface area contributed by atoms with Gasteiger partial charge < -0.3 is 14.0 Å². The van der Waals surface area contributed by atoms with Gasteiger partial charge in [0.2, 0.25) is 0 Å². The Balaban J connectivity index is 1.77. The number of halogens is 1. The number of aryl methyl sites for hydroxylation is 2. The lowest BCUT2D eigenvalue weighted by Gasteiger charge is -2.19. The largest absolute Gasteiger partial charge is 0.496 e. The van der Waals surface area contributed by atoms with Gasteiger partial charge in [-0.25, -0.2) is 8.42 Å². The Bertz CT molecular complexity index is 1160. The summed E-state index contributed by atoms with van der Waals surface area (Å²) in [6, 6.07) is 6.87. The molecular formula is C19H19BrN2O5S. The Morgan fingerprint density at radius 2 is 1.71 bits per heavy atom. The van der Waals surface area contributed by atoms with Gasteiger partial charge in [0, 0.05) is 6.07 Å². The number of benzene rings is 2. The van der Waals surface area contributed by atoms with Crippen LogP contribution < -0.4 is 14.2 Å². The maximum absolute atomic E-state index is 13.1. The molecule has 9 heteroatoms. The van der Waals surface area contributed by atoms with E-state index in [4.69, 9.17) is 14.0 Å². The van der Waals surface area contributed by atoms with Gasteiger partial charge in [-0.3, -0.25) is 4.72 Å². The number of sulfonamides is 1. The van der Waals surface area contributed by atoms with Crippen molar-refractivity contribution in [1.82, 2.24) is 5.16 Å². The minimum atomic E-state index is -3.93. The van der Waals surface area contributed by atoms with Crippen molar-refractivity contribution in [2.45, 2.75) is 30.6 Å². The highest BCUT2D eigenvalue weighted by Gasteiger charge is 2.25.